The van der Waals surface area contributed by atoms with Gasteiger partial charge in [0.2, 0.25) is 0 Å². The first kappa shape index (κ1) is 58.9. The molecule has 13 nitrogen and oxygen atoms in total. The molecule has 0 saturated heterocycles. The fourth-order valence-electron chi connectivity index (χ4n) is 21.7. The highest BCUT2D eigenvalue weighted by Crippen LogP contribution is 2.71. The van der Waals surface area contributed by atoms with E-state index in [0.717, 1.165) is 121 Å². The van der Waals surface area contributed by atoms with Gasteiger partial charge in [0.1, 0.15) is 29.5 Å². The summed E-state index contributed by atoms with van der Waals surface area (Å²) in [6.45, 7) is 23.5. The van der Waals surface area contributed by atoms with E-state index in [2.05, 4.69) is 48.5 Å². The molecule has 0 aromatic rings. The van der Waals surface area contributed by atoms with Gasteiger partial charge in [-0.1, -0.05) is 48.5 Å². The van der Waals surface area contributed by atoms with Crippen LogP contribution in [0.1, 0.15) is 217 Å². The van der Waals surface area contributed by atoms with Crippen LogP contribution in [0.2, 0.25) is 0 Å². The zero-order valence-electron chi connectivity index (χ0n) is 49.0. The normalized spacial score (nSPS) is 48.1. The van der Waals surface area contributed by atoms with Crippen LogP contribution < -0.4 is 0 Å². The molecule has 436 valence electrons. The van der Waals surface area contributed by atoms with Gasteiger partial charge in [-0.25, -0.2) is 0 Å². The molecule has 10 aliphatic carbocycles. The molecular formula is C64H102O13. The van der Waals surface area contributed by atoms with E-state index >= 15 is 0 Å². The van der Waals surface area contributed by atoms with E-state index < -0.39 is 5.60 Å². The quantitative estimate of drug-likeness (QED) is 0.0752. The average Bonchev–Trinajstić information content (AvgIpc) is 4.33. The Kier molecular flexibility index (Phi) is 17.2. The summed E-state index contributed by atoms with van der Waals surface area (Å²) in [6, 6.07) is 0. The number of hydrogen-bond donors (Lipinski definition) is 3. The van der Waals surface area contributed by atoms with E-state index in [1.807, 2.05) is 20.8 Å². The lowest BCUT2D eigenvalue weighted by atomic mass is 9.43. The van der Waals surface area contributed by atoms with Crippen molar-refractivity contribution in [1.29, 1.82) is 0 Å². The van der Waals surface area contributed by atoms with Gasteiger partial charge >= 0.3 is 11.9 Å². The maximum atomic E-state index is 13.3. The highest BCUT2D eigenvalue weighted by Gasteiger charge is 2.69. The van der Waals surface area contributed by atoms with Gasteiger partial charge in [-0.2, -0.15) is 0 Å². The number of hydrogen-bond acceptors (Lipinski definition) is 13. The van der Waals surface area contributed by atoms with E-state index in [1.165, 1.54) is 19.3 Å². The van der Waals surface area contributed by atoms with Gasteiger partial charge in [-0.15, -0.1) is 0 Å². The summed E-state index contributed by atoms with van der Waals surface area (Å²) in [5.74, 6) is 4.42. The summed E-state index contributed by atoms with van der Waals surface area (Å²) in [6.07, 6.45) is 18.8. The summed E-state index contributed by atoms with van der Waals surface area (Å²) in [7, 11) is 0. The smallest absolute Gasteiger partial charge is 0.306 e. The Bertz CT molecular complexity index is 2110. The molecule has 13 heteroatoms. The van der Waals surface area contributed by atoms with Crippen molar-refractivity contribution in [2.75, 3.05) is 0 Å². The lowest BCUT2D eigenvalue weighted by molar-refractivity contribution is -0.218. The Labute approximate surface area is 461 Å². The second-order valence-corrected chi connectivity index (χ2v) is 29.8. The number of carbonyl (C=O) groups is 5. The highest BCUT2D eigenvalue weighted by atomic mass is 16.6. The fraction of sp³-hybridized carbons (Fsp3) is 0.922. The zero-order valence-corrected chi connectivity index (χ0v) is 49.0. The number of aliphatic hydroxyl groups excluding tert-OH is 3. The molecule has 0 amide bonds. The predicted molar refractivity (Wildman–Crippen MR) is 290 cm³/mol. The minimum atomic E-state index is -0.459. The maximum Gasteiger partial charge on any atom is 0.306 e. The molecule has 77 heavy (non-hydrogen) atoms. The molecule has 0 heterocycles. The van der Waals surface area contributed by atoms with Gasteiger partial charge in [0.05, 0.1) is 18.3 Å². The van der Waals surface area contributed by atoms with Crippen LogP contribution in [-0.2, 0) is 47.7 Å². The van der Waals surface area contributed by atoms with Crippen molar-refractivity contribution in [2.24, 2.45) is 105 Å². The number of ether oxygens (including phenoxy) is 5. The van der Waals surface area contributed by atoms with Crippen LogP contribution in [0.3, 0.4) is 0 Å². The van der Waals surface area contributed by atoms with Crippen LogP contribution in [0.25, 0.3) is 0 Å². The number of carbonyl (C=O) groups excluding carboxylic acids is 5. The molecule has 10 saturated carbocycles. The van der Waals surface area contributed by atoms with E-state index in [0.29, 0.717) is 67.8 Å². The van der Waals surface area contributed by atoms with Crippen LogP contribution >= 0.6 is 0 Å². The third kappa shape index (κ3) is 10.6. The Morgan fingerprint density at radius 2 is 1.21 bits per heavy atom. The van der Waals surface area contributed by atoms with Crippen LogP contribution in [0.15, 0.2) is 0 Å². The standard InChI is InChI=1S/C36H54O8.C28H48O5/c1-5-36(18-23-7-8-24(36)14-23)44-32(40)11-6-22(2)27-9-10-28-33-29(17-31(43-21-39)35(27,28)4)34(3)13-12-26(41-19-37)15-25(34)16-30(33)42-20-38;1-16(7-10-24(32)33-26(2,3)4)19-8-9-20-25-21(15-23(31)28(19,20)6)27(5)12-11-18(29)13-17(27)14-22(25)30/h19-31,33H,5-18H2,1-4H3;16-23,25,29-31H,7-15H2,1-6H3/t22-,23-,24+,25+,26-,27-,28+,29+,30-,31+,33+,34+,35-,36+;16-,17+,18-,19-,20+,21+,22-,23+,25+,27+,28-/m11/s1. The van der Waals surface area contributed by atoms with Crippen LogP contribution in [-0.4, -0.2) is 94.5 Å². The van der Waals surface area contributed by atoms with Crippen molar-refractivity contribution in [3.05, 3.63) is 0 Å². The molecule has 0 spiro atoms. The summed E-state index contributed by atoms with van der Waals surface area (Å²) >= 11 is 0. The molecule has 3 N–H and O–H groups in total. The molecule has 10 rings (SSSR count). The summed E-state index contributed by atoms with van der Waals surface area (Å²) in [5.41, 5.74) is -1.11. The van der Waals surface area contributed by atoms with E-state index in [4.69, 9.17) is 23.7 Å². The van der Waals surface area contributed by atoms with Crippen molar-refractivity contribution in [1.82, 2.24) is 0 Å². The Morgan fingerprint density at radius 1 is 0.610 bits per heavy atom. The van der Waals surface area contributed by atoms with Gasteiger partial charge < -0.3 is 39.0 Å². The number of rotatable bonds is 16. The predicted octanol–water partition coefficient (Wildman–Crippen LogP) is 11.1. The molecule has 10 aliphatic rings. The molecule has 0 radical (unpaired) electrons. The summed E-state index contributed by atoms with van der Waals surface area (Å²) in [4.78, 5) is 60.5. The van der Waals surface area contributed by atoms with Crippen LogP contribution in [0.5, 0.6) is 0 Å². The van der Waals surface area contributed by atoms with Crippen LogP contribution in [0.4, 0.5) is 0 Å². The largest absolute Gasteiger partial charge is 0.465 e. The minimum Gasteiger partial charge on any atom is -0.465 e. The zero-order chi connectivity index (χ0) is 55.6. The third-order valence-electron chi connectivity index (χ3n) is 25.5. The second kappa shape index (κ2) is 22.5. The Balaban J connectivity index is 0.000000196. The molecule has 2 bridgehead atoms. The number of esters is 2. The van der Waals surface area contributed by atoms with Gasteiger partial charge in [0.25, 0.3) is 19.4 Å². The molecule has 0 aliphatic heterocycles. The van der Waals surface area contributed by atoms with E-state index in [9.17, 15) is 39.3 Å². The van der Waals surface area contributed by atoms with Crippen molar-refractivity contribution in [3.8, 4) is 0 Å². The number of fused-ring (bicyclic) bond motifs is 12. The molecular weight excluding hydrogens is 977 g/mol. The minimum absolute atomic E-state index is 0.00956. The average molecular weight is 1080 g/mol. The van der Waals surface area contributed by atoms with Gasteiger partial charge in [0.15, 0.2) is 0 Å². The van der Waals surface area contributed by atoms with Gasteiger partial charge in [-0.05, 0) is 249 Å². The first-order valence-electron chi connectivity index (χ1n) is 31.2. The maximum absolute atomic E-state index is 13.3. The van der Waals surface area contributed by atoms with Crippen molar-refractivity contribution < 1.29 is 63.0 Å². The first-order chi connectivity index (χ1) is 36.4. The summed E-state index contributed by atoms with van der Waals surface area (Å²) in [5, 5.41) is 33.3. The third-order valence-corrected chi connectivity index (χ3v) is 25.5. The molecule has 0 unspecified atom stereocenters. The highest BCUT2D eigenvalue weighted by molar-refractivity contribution is 5.70. The lowest BCUT2D eigenvalue weighted by Crippen LogP contribution is -2.63. The number of aliphatic hydroxyl groups is 3. The first-order valence-corrected chi connectivity index (χ1v) is 31.2. The van der Waals surface area contributed by atoms with Gasteiger partial charge in [0, 0.05) is 24.2 Å². The summed E-state index contributed by atoms with van der Waals surface area (Å²) < 4.78 is 29.1. The fourth-order valence-corrected chi connectivity index (χ4v) is 21.7. The van der Waals surface area contributed by atoms with Crippen molar-refractivity contribution in [3.63, 3.8) is 0 Å². The Hall–Kier alpha value is -2.77. The van der Waals surface area contributed by atoms with E-state index in [1.54, 1.807) is 0 Å². The molecule has 0 aromatic carbocycles. The molecule has 25 atom stereocenters. The Morgan fingerprint density at radius 3 is 1.81 bits per heavy atom. The lowest BCUT2D eigenvalue weighted by Gasteiger charge is -2.64. The monoisotopic (exact) mass is 1080 g/mol. The topological polar surface area (TPSA) is 192 Å². The van der Waals surface area contributed by atoms with Gasteiger partial charge in [-0.3, -0.25) is 24.0 Å². The van der Waals surface area contributed by atoms with Crippen molar-refractivity contribution in [2.45, 2.75) is 265 Å². The van der Waals surface area contributed by atoms with Crippen molar-refractivity contribution >= 4 is 31.4 Å². The van der Waals surface area contributed by atoms with E-state index in [-0.39, 0.29) is 117 Å². The van der Waals surface area contributed by atoms with Crippen LogP contribution in [0, 0.1) is 105 Å². The second-order valence-electron chi connectivity index (χ2n) is 29.8. The molecule has 10 fully saturated rings. The SMILES string of the molecule is CC[C@]1(OC(=O)CC[C@@H](C)[C@H]2CC[C@H]3[C@@H]4[C@H](OC=O)C[C@@H]5C[C@H](OC=O)CC[C@]5(C)[C@H]4C[C@H](OC=O)[C@]23C)C[C@@H]2CC[C@H]1C2.C[C@H](CCC(=O)OC(C)(C)C)[C@H]1CC[C@H]2[C@@H]3[C@H](O)C[C@@H]4C[C@H](O)CC[C@]4(C)[C@H]3C[C@H](O)[C@]12C. The molecule has 0 aromatic heterocycles.